The smallest absolute Gasteiger partial charge is 0.323 e. The first-order valence-electron chi connectivity index (χ1n) is 7.04. The first-order valence-corrected chi connectivity index (χ1v) is 7.04. The molecule has 1 aliphatic rings. The van der Waals surface area contributed by atoms with Crippen molar-refractivity contribution in [1.82, 2.24) is 4.90 Å². The molecule has 1 heterocycles. The average Bonchev–Trinajstić information content (AvgIpc) is 2.52. The SMILES string of the molecule is O=C(O)CN(C(=O)COc1ccccc1F)C1CCOCC1. The number of amides is 1. The van der Waals surface area contributed by atoms with E-state index in [0.717, 1.165) is 0 Å². The predicted octanol–water partition coefficient (Wildman–Crippen LogP) is 1.30. The Hall–Kier alpha value is -2.15. The molecule has 1 saturated heterocycles. The average molecular weight is 311 g/mol. The molecule has 0 atom stereocenters. The van der Waals surface area contributed by atoms with Crippen LogP contribution in [0.2, 0.25) is 0 Å². The van der Waals surface area contributed by atoms with Crippen LogP contribution >= 0.6 is 0 Å². The van der Waals surface area contributed by atoms with Crippen LogP contribution in [0.1, 0.15) is 12.8 Å². The molecule has 0 aromatic heterocycles. The van der Waals surface area contributed by atoms with Crippen LogP contribution in [0, 0.1) is 5.82 Å². The van der Waals surface area contributed by atoms with Gasteiger partial charge in [0.05, 0.1) is 0 Å². The van der Waals surface area contributed by atoms with E-state index in [1.165, 1.54) is 23.1 Å². The van der Waals surface area contributed by atoms with Gasteiger partial charge < -0.3 is 19.5 Å². The first kappa shape index (κ1) is 16.2. The predicted molar refractivity (Wildman–Crippen MR) is 75.1 cm³/mol. The van der Waals surface area contributed by atoms with E-state index in [1.807, 2.05) is 0 Å². The van der Waals surface area contributed by atoms with Crippen LogP contribution in [-0.4, -0.2) is 54.3 Å². The molecule has 1 aromatic carbocycles. The van der Waals surface area contributed by atoms with Gasteiger partial charge in [0.15, 0.2) is 18.2 Å². The topological polar surface area (TPSA) is 76.1 Å². The summed E-state index contributed by atoms with van der Waals surface area (Å²) in [4.78, 5) is 24.5. The highest BCUT2D eigenvalue weighted by Crippen LogP contribution is 2.17. The van der Waals surface area contributed by atoms with E-state index in [1.54, 1.807) is 6.07 Å². The van der Waals surface area contributed by atoms with Gasteiger partial charge in [-0.3, -0.25) is 9.59 Å². The van der Waals surface area contributed by atoms with Crippen LogP contribution < -0.4 is 4.74 Å². The van der Waals surface area contributed by atoms with Crippen molar-refractivity contribution in [2.45, 2.75) is 18.9 Å². The van der Waals surface area contributed by atoms with Gasteiger partial charge in [-0.15, -0.1) is 0 Å². The number of carboxylic acids is 1. The molecule has 1 N–H and O–H groups in total. The van der Waals surface area contributed by atoms with E-state index in [-0.39, 0.29) is 11.8 Å². The lowest BCUT2D eigenvalue weighted by atomic mass is 10.1. The second kappa shape index (κ2) is 7.74. The summed E-state index contributed by atoms with van der Waals surface area (Å²) < 4.78 is 23.8. The van der Waals surface area contributed by atoms with Crippen LogP contribution in [0.5, 0.6) is 5.75 Å². The number of hydrogen-bond acceptors (Lipinski definition) is 4. The second-order valence-corrected chi connectivity index (χ2v) is 4.98. The Morgan fingerprint density at radius 3 is 2.64 bits per heavy atom. The Labute approximate surface area is 127 Å². The molecule has 120 valence electrons. The largest absolute Gasteiger partial charge is 0.481 e. The molecule has 0 radical (unpaired) electrons. The monoisotopic (exact) mass is 311 g/mol. The van der Waals surface area contributed by atoms with Crippen LogP contribution in [0.3, 0.4) is 0 Å². The lowest BCUT2D eigenvalue weighted by molar-refractivity contribution is -0.148. The van der Waals surface area contributed by atoms with Crippen molar-refractivity contribution in [3.05, 3.63) is 30.1 Å². The lowest BCUT2D eigenvalue weighted by Crippen LogP contribution is -2.47. The number of carbonyl (C=O) groups excluding carboxylic acids is 1. The van der Waals surface area contributed by atoms with Crippen LogP contribution in [-0.2, 0) is 14.3 Å². The van der Waals surface area contributed by atoms with Gasteiger partial charge in [-0.05, 0) is 25.0 Å². The van der Waals surface area contributed by atoms with Gasteiger partial charge in [-0.25, -0.2) is 4.39 Å². The number of hydrogen-bond donors (Lipinski definition) is 1. The van der Waals surface area contributed by atoms with Gasteiger partial charge in [0.2, 0.25) is 0 Å². The Morgan fingerprint density at radius 1 is 1.32 bits per heavy atom. The summed E-state index contributed by atoms with van der Waals surface area (Å²) in [5.41, 5.74) is 0. The fourth-order valence-corrected chi connectivity index (χ4v) is 2.35. The summed E-state index contributed by atoms with van der Waals surface area (Å²) in [7, 11) is 0. The molecule has 22 heavy (non-hydrogen) atoms. The summed E-state index contributed by atoms with van der Waals surface area (Å²) in [5, 5.41) is 8.97. The Balaban J connectivity index is 1.98. The number of para-hydroxylation sites is 1. The molecular formula is C15H18FNO5. The number of carbonyl (C=O) groups is 2. The van der Waals surface area contributed by atoms with E-state index >= 15 is 0 Å². The summed E-state index contributed by atoms with van der Waals surface area (Å²) >= 11 is 0. The fourth-order valence-electron chi connectivity index (χ4n) is 2.35. The molecule has 1 fully saturated rings. The quantitative estimate of drug-likeness (QED) is 0.857. The summed E-state index contributed by atoms with van der Waals surface area (Å²) in [6.07, 6.45) is 1.16. The standard InChI is InChI=1S/C15H18FNO5/c16-12-3-1-2-4-13(12)22-10-14(18)17(9-15(19)20)11-5-7-21-8-6-11/h1-4,11H,5-10H2,(H,19,20). The molecule has 0 bridgehead atoms. The van der Waals surface area contributed by atoms with Gasteiger partial charge in [-0.2, -0.15) is 0 Å². The molecule has 0 aliphatic carbocycles. The van der Waals surface area contributed by atoms with Crippen molar-refractivity contribution in [2.24, 2.45) is 0 Å². The third kappa shape index (κ3) is 4.42. The molecule has 7 heteroatoms. The maximum Gasteiger partial charge on any atom is 0.323 e. The third-order valence-corrected chi connectivity index (χ3v) is 3.45. The van der Waals surface area contributed by atoms with E-state index in [0.29, 0.717) is 26.1 Å². The number of rotatable bonds is 6. The number of ether oxygens (including phenoxy) is 2. The van der Waals surface area contributed by atoms with Crippen LogP contribution in [0.4, 0.5) is 4.39 Å². The van der Waals surface area contributed by atoms with Gasteiger partial charge in [0.1, 0.15) is 6.54 Å². The number of benzene rings is 1. The van der Waals surface area contributed by atoms with Gasteiger partial charge in [0.25, 0.3) is 5.91 Å². The van der Waals surface area contributed by atoms with E-state index in [9.17, 15) is 14.0 Å². The zero-order valence-corrected chi connectivity index (χ0v) is 12.0. The molecule has 2 rings (SSSR count). The minimum Gasteiger partial charge on any atom is -0.481 e. The summed E-state index contributed by atoms with van der Waals surface area (Å²) in [5.74, 6) is -2.16. The van der Waals surface area contributed by atoms with Gasteiger partial charge in [-0.1, -0.05) is 12.1 Å². The number of carboxylic acid groups (broad SMARTS) is 1. The Kier molecular flexibility index (Phi) is 5.71. The molecule has 6 nitrogen and oxygen atoms in total. The molecule has 0 spiro atoms. The molecule has 0 saturated carbocycles. The zero-order valence-electron chi connectivity index (χ0n) is 12.0. The molecule has 1 aliphatic heterocycles. The second-order valence-electron chi connectivity index (χ2n) is 4.98. The normalized spacial score (nSPS) is 15.3. The van der Waals surface area contributed by atoms with Crippen molar-refractivity contribution in [2.75, 3.05) is 26.4 Å². The molecule has 1 amide bonds. The van der Waals surface area contributed by atoms with Crippen molar-refractivity contribution in [3.63, 3.8) is 0 Å². The first-order chi connectivity index (χ1) is 10.6. The number of aliphatic carboxylic acids is 1. The van der Waals surface area contributed by atoms with E-state index in [2.05, 4.69) is 0 Å². The number of halogens is 1. The highest BCUT2D eigenvalue weighted by Gasteiger charge is 2.27. The van der Waals surface area contributed by atoms with E-state index < -0.39 is 30.8 Å². The molecule has 1 aromatic rings. The number of nitrogens with zero attached hydrogens (tertiary/aromatic N) is 1. The minimum absolute atomic E-state index is 0.0295. The Morgan fingerprint density at radius 2 is 2.00 bits per heavy atom. The zero-order chi connectivity index (χ0) is 15.9. The van der Waals surface area contributed by atoms with E-state index in [4.69, 9.17) is 14.6 Å². The maximum atomic E-state index is 13.4. The van der Waals surface area contributed by atoms with Gasteiger partial charge in [0, 0.05) is 19.3 Å². The lowest BCUT2D eigenvalue weighted by Gasteiger charge is -2.33. The fraction of sp³-hybridized carbons (Fsp3) is 0.467. The van der Waals surface area contributed by atoms with Crippen molar-refractivity contribution >= 4 is 11.9 Å². The minimum atomic E-state index is -1.09. The van der Waals surface area contributed by atoms with Crippen molar-refractivity contribution in [1.29, 1.82) is 0 Å². The third-order valence-electron chi connectivity index (χ3n) is 3.45. The Bertz CT molecular complexity index is 530. The molecule has 0 unspecified atom stereocenters. The van der Waals surface area contributed by atoms with Crippen molar-refractivity contribution < 1.29 is 28.6 Å². The summed E-state index contributed by atoms with van der Waals surface area (Å²) in [6.45, 7) is 0.181. The maximum absolute atomic E-state index is 13.4. The highest BCUT2D eigenvalue weighted by molar-refractivity contribution is 5.82. The van der Waals surface area contributed by atoms with Gasteiger partial charge >= 0.3 is 5.97 Å². The molecular weight excluding hydrogens is 293 g/mol. The summed E-state index contributed by atoms with van der Waals surface area (Å²) in [6, 6.07) is 5.56. The van der Waals surface area contributed by atoms with Crippen molar-refractivity contribution in [3.8, 4) is 5.75 Å². The highest BCUT2D eigenvalue weighted by atomic mass is 19.1. The van der Waals surface area contributed by atoms with Crippen LogP contribution in [0.25, 0.3) is 0 Å². The van der Waals surface area contributed by atoms with Crippen LogP contribution in [0.15, 0.2) is 24.3 Å².